The van der Waals surface area contributed by atoms with E-state index in [1.807, 2.05) is 0 Å². The number of benzene rings is 2. The van der Waals surface area contributed by atoms with Crippen molar-refractivity contribution in [3.8, 4) is 0 Å². The van der Waals surface area contributed by atoms with E-state index in [1.54, 1.807) is 30.3 Å². The Hall–Kier alpha value is -1.53. The normalized spacial score (nSPS) is 10.2. The summed E-state index contributed by atoms with van der Waals surface area (Å²) in [6, 6.07) is 11.0. The van der Waals surface area contributed by atoms with Crippen LogP contribution in [0.5, 0.6) is 0 Å². The quantitative estimate of drug-likeness (QED) is 0.805. The predicted octanol–water partition coefficient (Wildman–Crippen LogP) is 4.21. The molecule has 0 saturated carbocycles. The maximum Gasteiger partial charge on any atom is 0.171 e. The summed E-state index contributed by atoms with van der Waals surface area (Å²) in [6.07, 6.45) is 0. The van der Waals surface area contributed by atoms with Crippen molar-refractivity contribution in [2.45, 2.75) is 6.54 Å². The molecular weight excluding hydrogens is 346 g/mol. The van der Waals surface area contributed by atoms with E-state index >= 15 is 0 Å². The Labute approximate surface area is 129 Å². The molecule has 0 unspecified atom stereocenters. The smallest absolute Gasteiger partial charge is 0.171 e. The molecule has 20 heavy (non-hydrogen) atoms. The van der Waals surface area contributed by atoms with E-state index in [1.165, 1.54) is 12.1 Å². The van der Waals surface area contributed by atoms with Crippen molar-refractivity contribution >= 4 is 38.9 Å². The number of thiocarbonyl (C=S) groups is 1. The van der Waals surface area contributed by atoms with Crippen LogP contribution in [-0.2, 0) is 6.54 Å². The van der Waals surface area contributed by atoms with Gasteiger partial charge in [0, 0.05) is 16.6 Å². The molecule has 0 aliphatic heterocycles. The van der Waals surface area contributed by atoms with Crippen molar-refractivity contribution in [1.82, 2.24) is 5.32 Å². The zero-order valence-corrected chi connectivity index (χ0v) is 12.7. The van der Waals surface area contributed by atoms with Gasteiger partial charge in [0.25, 0.3) is 0 Å². The van der Waals surface area contributed by atoms with E-state index in [0.717, 1.165) is 0 Å². The van der Waals surface area contributed by atoms with Crippen LogP contribution in [0.1, 0.15) is 5.56 Å². The molecule has 104 valence electrons. The van der Waals surface area contributed by atoms with Crippen LogP contribution in [0, 0.1) is 11.6 Å². The molecular formula is C14H11BrF2N2S. The Balaban J connectivity index is 1.94. The van der Waals surface area contributed by atoms with Crippen molar-refractivity contribution < 1.29 is 8.78 Å². The van der Waals surface area contributed by atoms with Gasteiger partial charge in [-0.2, -0.15) is 0 Å². The molecule has 2 aromatic rings. The molecule has 0 aromatic heterocycles. The molecule has 0 atom stereocenters. The Morgan fingerprint density at radius 3 is 2.55 bits per heavy atom. The minimum atomic E-state index is -0.422. The molecule has 2 aromatic carbocycles. The van der Waals surface area contributed by atoms with Gasteiger partial charge in [-0.1, -0.05) is 34.1 Å². The summed E-state index contributed by atoms with van der Waals surface area (Å²) in [7, 11) is 0. The Morgan fingerprint density at radius 2 is 1.85 bits per heavy atom. The van der Waals surface area contributed by atoms with Gasteiger partial charge in [-0.15, -0.1) is 0 Å². The second-order valence-corrected chi connectivity index (χ2v) is 5.35. The van der Waals surface area contributed by atoms with Crippen LogP contribution in [0.15, 0.2) is 46.9 Å². The molecule has 2 N–H and O–H groups in total. The van der Waals surface area contributed by atoms with E-state index in [2.05, 4.69) is 26.6 Å². The summed E-state index contributed by atoms with van der Waals surface area (Å²) in [5.74, 6) is -0.730. The van der Waals surface area contributed by atoms with Crippen LogP contribution in [0.3, 0.4) is 0 Å². The van der Waals surface area contributed by atoms with E-state index < -0.39 is 5.82 Å². The average Bonchev–Trinajstić information content (AvgIpc) is 2.41. The molecule has 0 saturated heterocycles. The highest BCUT2D eigenvalue weighted by atomic mass is 79.9. The summed E-state index contributed by atoms with van der Waals surface area (Å²) < 4.78 is 27.6. The number of rotatable bonds is 3. The van der Waals surface area contributed by atoms with Gasteiger partial charge in [0.05, 0.1) is 5.69 Å². The first kappa shape index (κ1) is 14.9. The minimum Gasteiger partial charge on any atom is -0.358 e. The monoisotopic (exact) mass is 356 g/mol. The zero-order valence-electron chi connectivity index (χ0n) is 10.3. The number of hydrogen-bond acceptors (Lipinski definition) is 1. The Bertz CT molecular complexity index is 634. The Kier molecular flexibility index (Phi) is 5.03. The van der Waals surface area contributed by atoms with Crippen molar-refractivity contribution in [3.63, 3.8) is 0 Å². The van der Waals surface area contributed by atoms with Gasteiger partial charge in [0.15, 0.2) is 5.11 Å². The highest BCUT2D eigenvalue weighted by molar-refractivity contribution is 9.10. The number of nitrogens with one attached hydrogen (secondary N) is 2. The van der Waals surface area contributed by atoms with Gasteiger partial charge < -0.3 is 10.6 Å². The lowest BCUT2D eigenvalue weighted by atomic mass is 10.2. The molecule has 0 fully saturated rings. The van der Waals surface area contributed by atoms with Gasteiger partial charge in [-0.05, 0) is 36.5 Å². The highest BCUT2D eigenvalue weighted by Crippen LogP contribution is 2.19. The molecule has 0 bridgehead atoms. The SMILES string of the molecule is Fc1ccccc1CNC(=S)Nc1ccc(Br)cc1F. The topological polar surface area (TPSA) is 24.1 Å². The van der Waals surface area contributed by atoms with E-state index in [-0.39, 0.29) is 23.2 Å². The molecule has 0 heterocycles. The predicted molar refractivity (Wildman–Crippen MR) is 83.6 cm³/mol. The maximum absolute atomic E-state index is 13.6. The van der Waals surface area contributed by atoms with Crippen LogP contribution >= 0.6 is 28.1 Å². The number of anilines is 1. The standard InChI is InChI=1S/C14H11BrF2N2S/c15-10-5-6-13(12(17)7-10)19-14(20)18-8-9-3-1-2-4-11(9)16/h1-7H,8H2,(H2,18,19,20). The first-order chi connectivity index (χ1) is 9.56. The zero-order chi connectivity index (χ0) is 14.5. The molecule has 6 heteroatoms. The fourth-order valence-electron chi connectivity index (χ4n) is 1.57. The van der Waals surface area contributed by atoms with Crippen molar-refractivity contribution in [2.75, 3.05) is 5.32 Å². The van der Waals surface area contributed by atoms with Crippen molar-refractivity contribution in [2.24, 2.45) is 0 Å². The molecule has 0 amide bonds. The third-order valence-electron chi connectivity index (χ3n) is 2.58. The largest absolute Gasteiger partial charge is 0.358 e. The Morgan fingerprint density at radius 1 is 1.10 bits per heavy atom. The number of hydrogen-bond donors (Lipinski definition) is 2. The summed E-state index contributed by atoms with van der Waals surface area (Å²) in [4.78, 5) is 0. The molecule has 0 aliphatic rings. The fraction of sp³-hybridized carbons (Fsp3) is 0.0714. The second-order valence-electron chi connectivity index (χ2n) is 4.02. The number of halogens is 3. The van der Waals surface area contributed by atoms with Gasteiger partial charge in [-0.25, -0.2) is 8.78 Å². The maximum atomic E-state index is 13.6. The van der Waals surface area contributed by atoms with Gasteiger partial charge in [0.2, 0.25) is 0 Å². The van der Waals surface area contributed by atoms with Crippen LogP contribution < -0.4 is 10.6 Å². The van der Waals surface area contributed by atoms with E-state index in [9.17, 15) is 8.78 Å². The van der Waals surface area contributed by atoms with Crippen molar-refractivity contribution in [1.29, 1.82) is 0 Å². The fourth-order valence-corrected chi connectivity index (χ4v) is 2.09. The lowest BCUT2D eigenvalue weighted by Crippen LogP contribution is -2.28. The molecule has 2 nitrogen and oxygen atoms in total. The lowest BCUT2D eigenvalue weighted by Gasteiger charge is -2.11. The first-order valence-electron chi connectivity index (χ1n) is 5.79. The average molecular weight is 357 g/mol. The first-order valence-corrected chi connectivity index (χ1v) is 6.99. The van der Waals surface area contributed by atoms with E-state index in [0.29, 0.717) is 10.0 Å². The highest BCUT2D eigenvalue weighted by Gasteiger charge is 2.05. The van der Waals surface area contributed by atoms with Crippen molar-refractivity contribution in [3.05, 3.63) is 64.1 Å². The van der Waals surface area contributed by atoms with Gasteiger partial charge in [-0.3, -0.25) is 0 Å². The molecule has 2 rings (SSSR count). The molecule has 0 spiro atoms. The van der Waals surface area contributed by atoms with Gasteiger partial charge >= 0.3 is 0 Å². The van der Waals surface area contributed by atoms with Crippen LogP contribution in [0.25, 0.3) is 0 Å². The van der Waals surface area contributed by atoms with Crippen LogP contribution in [-0.4, -0.2) is 5.11 Å². The lowest BCUT2D eigenvalue weighted by molar-refractivity contribution is 0.606. The summed E-state index contributed by atoms with van der Waals surface area (Å²) in [5.41, 5.74) is 0.757. The second kappa shape index (κ2) is 6.76. The van der Waals surface area contributed by atoms with Crippen LogP contribution in [0.4, 0.5) is 14.5 Å². The van der Waals surface area contributed by atoms with Crippen LogP contribution in [0.2, 0.25) is 0 Å². The third kappa shape index (κ3) is 3.98. The van der Waals surface area contributed by atoms with E-state index in [4.69, 9.17) is 12.2 Å². The summed E-state index contributed by atoms with van der Waals surface area (Å²) in [5, 5.41) is 5.79. The summed E-state index contributed by atoms with van der Waals surface area (Å²) in [6.45, 7) is 0.233. The minimum absolute atomic E-state index is 0.231. The molecule has 0 radical (unpaired) electrons. The van der Waals surface area contributed by atoms with Gasteiger partial charge in [0.1, 0.15) is 11.6 Å². The third-order valence-corrected chi connectivity index (χ3v) is 3.32. The molecule has 0 aliphatic carbocycles. The summed E-state index contributed by atoms with van der Waals surface area (Å²) >= 11 is 8.22.